The van der Waals surface area contributed by atoms with E-state index in [0.29, 0.717) is 12.8 Å². The minimum atomic E-state index is -0.679. The molecule has 0 aliphatic carbocycles. The third-order valence-electron chi connectivity index (χ3n) is 4.78. The molecule has 0 bridgehead atoms. The first-order chi connectivity index (χ1) is 11.0. The Hall–Kier alpha value is -1.89. The van der Waals surface area contributed by atoms with Crippen molar-refractivity contribution in [3.8, 4) is 0 Å². The molecule has 0 amide bonds. The quantitative estimate of drug-likeness (QED) is 0.885. The average molecular weight is 319 g/mol. The molecule has 0 unspecified atom stereocenters. The largest absolute Gasteiger partial charge is 0.481 e. The van der Waals surface area contributed by atoms with E-state index < -0.39 is 5.97 Å². The number of hydrogen-bond acceptors (Lipinski definition) is 6. The molecule has 0 saturated carbocycles. The number of likely N-dealkylation sites (N-methyl/N-ethyl adjacent to an activating group) is 1. The van der Waals surface area contributed by atoms with Crippen LogP contribution in [0.1, 0.15) is 18.5 Å². The predicted molar refractivity (Wildman–Crippen MR) is 89.1 cm³/mol. The first kappa shape index (κ1) is 16.0. The van der Waals surface area contributed by atoms with Crippen LogP contribution in [-0.2, 0) is 4.79 Å². The second-order valence-corrected chi connectivity index (χ2v) is 6.56. The molecule has 0 atom stereocenters. The molecule has 0 spiro atoms. The van der Waals surface area contributed by atoms with E-state index in [1.807, 2.05) is 13.0 Å². The van der Waals surface area contributed by atoms with Gasteiger partial charge in [0.15, 0.2) is 0 Å². The average Bonchev–Trinajstić information content (AvgIpc) is 2.55. The highest BCUT2D eigenvalue weighted by Crippen LogP contribution is 2.24. The van der Waals surface area contributed by atoms with Gasteiger partial charge < -0.3 is 19.8 Å². The Morgan fingerprint density at radius 2 is 1.74 bits per heavy atom. The summed E-state index contributed by atoms with van der Waals surface area (Å²) in [7, 11) is 2.13. The lowest BCUT2D eigenvalue weighted by Gasteiger charge is -2.34. The smallest absolute Gasteiger partial charge is 0.306 e. The number of aryl methyl sites for hydroxylation is 1. The van der Waals surface area contributed by atoms with Gasteiger partial charge in [0.25, 0.3) is 0 Å². The van der Waals surface area contributed by atoms with Crippen LogP contribution in [0.15, 0.2) is 6.07 Å². The maximum absolute atomic E-state index is 11.1. The number of aromatic nitrogens is 2. The zero-order chi connectivity index (χ0) is 16.4. The minimum Gasteiger partial charge on any atom is -0.481 e. The molecular formula is C16H25N5O2. The van der Waals surface area contributed by atoms with Crippen LogP contribution < -0.4 is 9.80 Å². The van der Waals surface area contributed by atoms with Crippen LogP contribution in [0.25, 0.3) is 0 Å². The van der Waals surface area contributed by atoms with Crippen molar-refractivity contribution in [2.24, 2.45) is 5.92 Å². The molecule has 126 valence electrons. The SMILES string of the molecule is Cc1cc(N2CCC(C(=O)O)CC2)nc(N2CCN(C)CC2)n1. The normalized spacial score (nSPS) is 20.8. The Bertz CT molecular complexity index is 564. The number of nitrogens with zero attached hydrogens (tertiary/aromatic N) is 5. The number of rotatable bonds is 3. The second-order valence-electron chi connectivity index (χ2n) is 6.56. The van der Waals surface area contributed by atoms with E-state index in [-0.39, 0.29) is 5.92 Å². The van der Waals surface area contributed by atoms with Crippen molar-refractivity contribution in [1.29, 1.82) is 0 Å². The van der Waals surface area contributed by atoms with Crippen LogP contribution in [0.5, 0.6) is 0 Å². The molecule has 7 nitrogen and oxygen atoms in total. The van der Waals surface area contributed by atoms with Gasteiger partial charge in [-0.2, -0.15) is 4.98 Å². The van der Waals surface area contributed by atoms with E-state index in [2.05, 4.69) is 26.7 Å². The summed E-state index contributed by atoms with van der Waals surface area (Å²) in [5, 5.41) is 9.12. The van der Waals surface area contributed by atoms with Gasteiger partial charge in [-0.25, -0.2) is 4.98 Å². The number of aliphatic carboxylic acids is 1. The van der Waals surface area contributed by atoms with Gasteiger partial charge in [-0.05, 0) is 26.8 Å². The van der Waals surface area contributed by atoms with Gasteiger partial charge in [-0.3, -0.25) is 4.79 Å². The molecule has 1 aromatic heterocycles. The third kappa shape index (κ3) is 3.72. The molecular weight excluding hydrogens is 294 g/mol. The summed E-state index contributed by atoms with van der Waals surface area (Å²) in [6, 6.07) is 2.00. The lowest BCUT2D eigenvalue weighted by atomic mass is 9.97. The van der Waals surface area contributed by atoms with Gasteiger partial charge in [-0.15, -0.1) is 0 Å². The zero-order valence-corrected chi connectivity index (χ0v) is 13.9. The first-order valence-electron chi connectivity index (χ1n) is 8.30. The highest BCUT2D eigenvalue weighted by atomic mass is 16.4. The number of carbonyl (C=O) groups is 1. The Labute approximate surface area is 136 Å². The predicted octanol–water partition coefficient (Wildman–Crippen LogP) is 0.838. The Morgan fingerprint density at radius 1 is 1.09 bits per heavy atom. The third-order valence-corrected chi connectivity index (χ3v) is 4.78. The van der Waals surface area contributed by atoms with Gasteiger partial charge in [-0.1, -0.05) is 0 Å². The maximum atomic E-state index is 11.1. The molecule has 0 aromatic carbocycles. The van der Waals surface area contributed by atoms with E-state index in [4.69, 9.17) is 10.1 Å². The molecule has 1 N–H and O–H groups in total. The Kier molecular flexibility index (Phi) is 4.66. The lowest BCUT2D eigenvalue weighted by molar-refractivity contribution is -0.142. The minimum absolute atomic E-state index is 0.216. The van der Waals surface area contributed by atoms with Gasteiger partial charge in [0.05, 0.1) is 5.92 Å². The topological polar surface area (TPSA) is 72.8 Å². The molecule has 2 aliphatic rings. The first-order valence-corrected chi connectivity index (χ1v) is 8.30. The zero-order valence-electron chi connectivity index (χ0n) is 13.9. The standard InChI is InChI=1S/C16H25N5O2/c1-12-11-14(20-5-3-13(4-6-20)15(22)23)18-16(17-12)21-9-7-19(2)8-10-21/h11,13H,3-10H2,1-2H3,(H,22,23). The number of hydrogen-bond donors (Lipinski definition) is 1. The van der Waals surface area contributed by atoms with Gasteiger partial charge >= 0.3 is 5.97 Å². The van der Waals surface area contributed by atoms with Crippen LogP contribution in [0.2, 0.25) is 0 Å². The number of carboxylic acids is 1. The monoisotopic (exact) mass is 319 g/mol. The summed E-state index contributed by atoms with van der Waals surface area (Å²) in [6.07, 6.45) is 1.37. The van der Waals surface area contributed by atoms with Crippen LogP contribution in [0.4, 0.5) is 11.8 Å². The van der Waals surface area contributed by atoms with Crippen molar-refractivity contribution >= 4 is 17.7 Å². The Balaban J connectivity index is 1.72. The summed E-state index contributed by atoms with van der Waals surface area (Å²) in [5.41, 5.74) is 0.962. The van der Waals surface area contributed by atoms with Crippen molar-refractivity contribution in [2.45, 2.75) is 19.8 Å². The molecule has 0 radical (unpaired) electrons. The molecule has 23 heavy (non-hydrogen) atoms. The molecule has 3 rings (SSSR count). The number of piperazine rings is 1. The molecule has 7 heteroatoms. The molecule has 3 heterocycles. The highest BCUT2D eigenvalue weighted by Gasteiger charge is 2.26. The fraction of sp³-hybridized carbons (Fsp3) is 0.688. The van der Waals surface area contributed by atoms with Gasteiger partial charge in [0, 0.05) is 51.0 Å². The summed E-state index contributed by atoms with van der Waals surface area (Å²) in [6.45, 7) is 7.42. The fourth-order valence-corrected chi connectivity index (χ4v) is 3.20. The molecule has 2 aliphatic heterocycles. The summed E-state index contributed by atoms with van der Waals surface area (Å²) < 4.78 is 0. The van der Waals surface area contributed by atoms with Crippen LogP contribution in [0, 0.1) is 12.8 Å². The summed E-state index contributed by atoms with van der Waals surface area (Å²) in [4.78, 5) is 27.2. The number of piperidine rings is 1. The van der Waals surface area contributed by atoms with Gasteiger partial charge in [0.1, 0.15) is 5.82 Å². The van der Waals surface area contributed by atoms with Crippen LogP contribution >= 0.6 is 0 Å². The van der Waals surface area contributed by atoms with E-state index in [0.717, 1.165) is 56.7 Å². The second kappa shape index (κ2) is 6.70. The van der Waals surface area contributed by atoms with Crippen LogP contribution in [-0.4, -0.2) is 72.3 Å². The lowest BCUT2D eigenvalue weighted by Crippen LogP contribution is -2.45. The van der Waals surface area contributed by atoms with Gasteiger partial charge in [0.2, 0.25) is 5.95 Å². The molecule has 2 saturated heterocycles. The molecule has 1 aromatic rings. The van der Waals surface area contributed by atoms with Crippen molar-refractivity contribution < 1.29 is 9.90 Å². The number of carboxylic acid groups (broad SMARTS) is 1. The van der Waals surface area contributed by atoms with E-state index in [1.165, 1.54) is 0 Å². The van der Waals surface area contributed by atoms with E-state index in [9.17, 15) is 4.79 Å². The van der Waals surface area contributed by atoms with E-state index >= 15 is 0 Å². The Morgan fingerprint density at radius 3 is 2.35 bits per heavy atom. The van der Waals surface area contributed by atoms with Crippen molar-refractivity contribution in [1.82, 2.24) is 14.9 Å². The van der Waals surface area contributed by atoms with Crippen molar-refractivity contribution in [3.63, 3.8) is 0 Å². The maximum Gasteiger partial charge on any atom is 0.306 e. The number of anilines is 2. The fourth-order valence-electron chi connectivity index (χ4n) is 3.20. The van der Waals surface area contributed by atoms with E-state index in [1.54, 1.807) is 0 Å². The highest BCUT2D eigenvalue weighted by molar-refractivity contribution is 5.70. The summed E-state index contributed by atoms with van der Waals surface area (Å²) in [5.74, 6) is 0.830. The van der Waals surface area contributed by atoms with Crippen LogP contribution in [0.3, 0.4) is 0 Å². The van der Waals surface area contributed by atoms with Crippen molar-refractivity contribution in [2.75, 3.05) is 56.1 Å². The molecule has 2 fully saturated rings. The summed E-state index contributed by atoms with van der Waals surface area (Å²) >= 11 is 0. The van der Waals surface area contributed by atoms with Crippen molar-refractivity contribution in [3.05, 3.63) is 11.8 Å².